The molecule has 2 aromatic rings. The lowest BCUT2D eigenvalue weighted by Gasteiger charge is -2.19. The molecule has 0 aliphatic rings. The van der Waals surface area contributed by atoms with Crippen LogP contribution in [0.15, 0.2) is 60.7 Å². The largest absolute Gasteiger partial charge is 0.455 e. The highest BCUT2D eigenvalue weighted by atomic mass is 79.9. The zero-order valence-electron chi connectivity index (χ0n) is 9.75. The Morgan fingerprint density at radius 1 is 0.833 bits per heavy atom. The van der Waals surface area contributed by atoms with Crippen LogP contribution in [0.5, 0.6) is 11.5 Å². The molecule has 0 aliphatic heterocycles. The van der Waals surface area contributed by atoms with Gasteiger partial charge in [0, 0.05) is 6.16 Å². The summed E-state index contributed by atoms with van der Waals surface area (Å²) < 4.78 is 11.6. The molecule has 0 heterocycles. The average Bonchev–Trinajstić information content (AvgIpc) is 2.41. The van der Waals surface area contributed by atoms with Crippen LogP contribution in [0.1, 0.15) is 0 Å². The van der Waals surface area contributed by atoms with Crippen molar-refractivity contribution in [3.63, 3.8) is 0 Å². The molecule has 0 amide bonds. The molecule has 0 saturated heterocycles. The van der Waals surface area contributed by atoms with Crippen LogP contribution in [0.25, 0.3) is 0 Å². The summed E-state index contributed by atoms with van der Waals surface area (Å²) in [5.41, 5.74) is 0. The normalized spacial score (nSPS) is 11.0. The molecule has 1 atom stereocenters. The van der Waals surface area contributed by atoms with E-state index in [0.717, 1.165) is 17.7 Å². The molecular formula is C14H14BrO2P. The van der Waals surface area contributed by atoms with Gasteiger partial charge in [-0.15, -0.1) is 0 Å². The van der Waals surface area contributed by atoms with E-state index in [1.807, 2.05) is 60.7 Å². The maximum atomic E-state index is 5.81. The molecule has 0 radical (unpaired) electrons. The highest BCUT2D eigenvalue weighted by molar-refractivity contribution is 9.36. The van der Waals surface area contributed by atoms with Crippen molar-refractivity contribution in [2.24, 2.45) is 0 Å². The Morgan fingerprint density at radius 2 is 1.28 bits per heavy atom. The molecule has 94 valence electrons. The molecule has 0 N–H and O–H groups in total. The van der Waals surface area contributed by atoms with Crippen LogP contribution in [0.4, 0.5) is 0 Å². The van der Waals surface area contributed by atoms with Gasteiger partial charge in [-0.1, -0.05) is 51.9 Å². The standard InChI is InChI=1S/C14H14BrO2P/c15-18-11-14(16-12-7-3-1-4-8-12)17-13-9-5-2-6-10-13/h1-10,14,18H,11H2. The lowest BCUT2D eigenvalue weighted by molar-refractivity contribution is 0.0262. The molecule has 0 aliphatic carbocycles. The Balaban J connectivity index is 2.00. The summed E-state index contributed by atoms with van der Waals surface area (Å²) in [4.78, 5) is 0. The first-order valence-electron chi connectivity index (χ1n) is 5.65. The Kier molecular flexibility index (Phi) is 5.50. The molecule has 2 nitrogen and oxygen atoms in total. The topological polar surface area (TPSA) is 18.5 Å². The SMILES string of the molecule is BrPCC(Oc1ccccc1)Oc1ccccc1. The van der Waals surface area contributed by atoms with Crippen LogP contribution < -0.4 is 9.47 Å². The van der Waals surface area contributed by atoms with E-state index in [-0.39, 0.29) is 6.29 Å². The molecule has 18 heavy (non-hydrogen) atoms. The van der Waals surface area contributed by atoms with Gasteiger partial charge in [0.2, 0.25) is 6.29 Å². The van der Waals surface area contributed by atoms with Crippen LogP contribution in [0, 0.1) is 0 Å². The number of ether oxygens (including phenoxy) is 2. The molecule has 0 spiro atoms. The second kappa shape index (κ2) is 7.40. The average molecular weight is 325 g/mol. The quantitative estimate of drug-likeness (QED) is 0.577. The van der Waals surface area contributed by atoms with Gasteiger partial charge in [-0.2, -0.15) is 0 Å². The Labute approximate surface area is 117 Å². The fraction of sp³-hybridized carbons (Fsp3) is 0.143. The summed E-state index contributed by atoms with van der Waals surface area (Å²) in [5.74, 6) is 1.65. The minimum absolute atomic E-state index is 0.271. The highest BCUT2D eigenvalue weighted by Gasteiger charge is 2.11. The zero-order chi connectivity index (χ0) is 12.6. The van der Waals surface area contributed by atoms with Gasteiger partial charge in [-0.3, -0.25) is 0 Å². The first kappa shape index (κ1) is 13.4. The summed E-state index contributed by atoms with van der Waals surface area (Å²) in [6.07, 6.45) is 0.538. The molecule has 0 saturated carbocycles. The maximum absolute atomic E-state index is 5.81. The molecule has 2 aromatic carbocycles. The third-order valence-electron chi connectivity index (χ3n) is 2.27. The molecule has 1 unspecified atom stereocenters. The lowest BCUT2D eigenvalue weighted by atomic mass is 10.3. The van der Waals surface area contributed by atoms with Crippen molar-refractivity contribution in [1.82, 2.24) is 0 Å². The monoisotopic (exact) mass is 324 g/mol. The van der Waals surface area contributed by atoms with Gasteiger partial charge in [0.05, 0.1) is 0 Å². The van der Waals surface area contributed by atoms with Gasteiger partial charge in [-0.05, 0) is 31.5 Å². The molecular weight excluding hydrogens is 311 g/mol. The van der Waals surface area contributed by atoms with E-state index >= 15 is 0 Å². The van der Waals surface area contributed by atoms with Crippen LogP contribution in [-0.2, 0) is 0 Å². The minimum Gasteiger partial charge on any atom is -0.455 e. The van der Waals surface area contributed by atoms with Crippen molar-refractivity contribution in [3.05, 3.63) is 60.7 Å². The van der Waals surface area contributed by atoms with E-state index in [2.05, 4.69) is 15.5 Å². The third kappa shape index (κ3) is 4.32. The van der Waals surface area contributed by atoms with Gasteiger partial charge in [-0.25, -0.2) is 0 Å². The van der Waals surface area contributed by atoms with Crippen molar-refractivity contribution in [2.75, 3.05) is 6.16 Å². The second-order valence-corrected chi connectivity index (χ2v) is 5.99. The minimum atomic E-state index is -0.271. The fourth-order valence-electron chi connectivity index (χ4n) is 1.47. The van der Waals surface area contributed by atoms with Crippen molar-refractivity contribution in [2.45, 2.75) is 6.29 Å². The first-order valence-corrected chi connectivity index (χ1v) is 9.12. The van der Waals surface area contributed by atoms with Gasteiger partial charge >= 0.3 is 0 Å². The Morgan fingerprint density at radius 3 is 1.67 bits per heavy atom. The Bertz CT molecular complexity index is 408. The number of rotatable bonds is 6. The van der Waals surface area contributed by atoms with Crippen molar-refractivity contribution in [3.8, 4) is 11.5 Å². The van der Waals surface area contributed by atoms with E-state index in [9.17, 15) is 0 Å². The molecule has 4 heteroatoms. The molecule has 0 aromatic heterocycles. The molecule has 0 bridgehead atoms. The summed E-state index contributed by atoms with van der Waals surface area (Å²) in [7, 11) is 0.604. The van der Waals surface area contributed by atoms with Crippen LogP contribution >= 0.6 is 22.8 Å². The number of benzene rings is 2. The maximum Gasteiger partial charge on any atom is 0.245 e. The van der Waals surface area contributed by atoms with Crippen LogP contribution in [0.2, 0.25) is 0 Å². The third-order valence-corrected chi connectivity index (χ3v) is 3.72. The first-order chi connectivity index (χ1) is 8.88. The predicted molar refractivity (Wildman–Crippen MR) is 80.0 cm³/mol. The second-order valence-electron chi connectivity index (χ2n) is 3.63. The van der Waals surface area contributed by atoms with Crippen molar-refractivity contribution in [1.29, 1.82) is 0 Å². The van der Waals surface area contributed by atoms with E-state index in [0.29, 0.717) is 7.28 Å². The lowest BCUT2D eigenvalue weighted by Crippen LogP contribution is -2.25. The van der Waals surface area contributed by atoms with E-state index in [4.69, 9.17) is 9.47 Å². The zero-order valence-corrected chi connectivity index (χ0v) is 12.3. The predicted octanol–water partition coefficient (Wildman–Crippen LogP) is 4.46. The number of hydrogen-bond acceptors (Lipinski definition) is 2. The number of halogens is 1. The fourth-order valence-corrected chi connectivity index (χ4v) is 2.56. The van der Waals surface area contributed by atoms with Gasteiger partial charge < -0.3 is 9.47 Å². The van der Waals surface area contributed by atoms with E-state index < -0.39 is 0 Å². The summed E-state index contributed by atoms with van der Waals surface area (Å²) >= 11 is 3.44. The number of hydrogen-bond donors (Lipinski definition) is 0. The van der Waals surface area contributed by atoms with Gasteiger partial charge in [0.25, 0.3) is 0 Å². The van der Waals surface area contributed by atoms with Gasteiger partial charge in [0.1, 0.15) is 11.5 Å². The van der Waals surface area contributed by atoms with Crippen molar-refractivity contribution < 1.29 is 9.47 Å². The molecule has 2 rings (SSSR count). The summed E-state index contributed by atoms with van der Waals surface area (Å²) in [5, 5.41) is 0. The number of para-hydroxylation sites is 2. The van der Waals surface area contributed by atoms with E-state index in [1.165, 1.54) is 0 Å². The van der Waals surface area contributed by atoms with E-state index in [1.54, 1.807) is 0 Å². The van der Waals surface area contributed by atoms with Crippen molar-refractivity contribution >= 4 is 22.8 Å². The summed E-state index contributed by atoms with van der Waals surface area (Å²) in [6, 6.07) is 19.4. The summed E-state index contributed by atoms with van der Waals surface area (Å²) in [6.45, 7) is 0. The highest BCUT2D eigenvalue weighted by Crippen LogP contribution is 2.24. The smallest absolute Gasteiger partial charge is 0.245 e. The molecule has 0 fully saturated rings. The van der Waals surface area contributed by atoms with Crippen LogP contribution in [-0.4, -0.2) is 12.5 Å². The van der Waals surface area contributed by atoms with Gasteiger partial charge in [0.15, 0.2) is 0 Å². The Hall–Kier alpha value is -1.05. The van der Waals surface area contributed by atoms with Crippen LogP contribution in [0.3, 0.4) is 0 Å².